The molecule has 0 aliphatic heterocycles. The summed E-state index contributed by atoms with van der Waals surface area (Å²) in [5.74, 6) is 6.75. The number of hydrogen-bond donors (Lipinski definition) is 1. The second-order valence-electron chi connectivity index (χ2n) is 3.36. The summed E-state index contributed by atoms with van der Waals surface area (Å²) in [7, 11) is 3.56. The van der Waals surface area contributed by atoms with Gasteiger partial charge in [-0.2, -0.15) is 0 Å². The summed E-state index contributed by atoms with van der Waals surface area (Å²) in [6.07, 6.45) is 0.755. The van der Waals surface area contributed by atoms with E-state index in [-0.39, 0.29) is 6.04 Å². The van der Waals surface area contributed by atoms with Gasteiger partial charge in [0.1, 0.15) is 5.75 Å². The summed E-state index contributed by atoms with van der Waals surface area (Å²) in [5, 5.41) is 3.90. The van der Waals surface area contributed by atoms with Crippen LogP contribution in [-0.2, 0) is 0 Å². The van der Waals surface area contributed by atoms with Crippen LogP contribution >= 0.6 is 11.6 Å². The molecule has 86 valence electrons. The van der Waals surface area contributed by atoms with E-state index in [1.165, 1.54) is 0 Å². The summed E-state index contributed by atoms with van der Waals surface area (Å²) < 4.78 is 5.32. The maximum atomic E-state index is 5.92. The van der Waals surface area contributed by atoms with Crippen molar-refractivity contribution in [3.8, 4) is 17.6 Å². The maximum absolute atomic E-state index is 5.92. The molecule has 1 aromatic rings. The van der Waals surface area contributed by atoms with E-state index in [0.717, 1.165) is 17.7 Å². The Morgan fingerprint density at radius 3 is 2.81 bits per heavy atom. The fourth-order valence-electron chi connectivity index (χ4n) is 1.54. The zero-order valence-corrected chi connectivity index (χ0v) is 10.6. The van der Waals surface area contributed by atoms with Crippen LogP contribution in [-0.4, -0.2) is 14.2 Å². The summed E-state index contributed by atoms with van der Waals surface area (Å²) >= 11 is 5.92. The smallest absolute Gasteiger partial charge is 0.125 e. The summed E-state index contributed by atoms with van der Waals surface area (Å²) in [6, 6.07) is 5.82. The van der Waals surface area contributed by atoms with Crippen molar-refractivity contribution >= 4 is 11.6 Å². The third-order valence-corrected chi connectivity index (χ3v) is 2.64. The van der Waals surface area contributed by atoms with E-state index in [1.54, 1.807) is 7.11 Å². The molecule has 0 aromatic heterocycles. The van der Waals surface area contributed by atoms with Gasteiger partial charge in [-0.15, -0.1) is 11.8 Å². The summed E-state index contributed by atoms with van der Waals surface area (Å²) in [5.41, 5.74) is 1.08. The lowest BCUT2D eigenvalue weighted by Gasteiger charge is -2.17. The molecule has 1 atom stereocenters. The van der Waals surface area contributed by atoms with Crippen LogP contribution < -0.4 is 10.1 Å². The molecule has 0 heterocycles. The average molecular weight is 238 g/mol. The summed E-state index contributed by atoms with van der Waals surface area (Å²) in [4.78, 5) is 0. The van der Waals surface area contributed by atoms with Crippen LogP contribution in [0.3, 0.4) is 0 Å². The van der Waals surface area contributed by atoms with Crippen LogP contribution in [0.2, 0.25) is 5.02 Å². The lowest BCUT2D eigenvalue weighted by molar-refractivity contribution is 0.402. The van der Waals surface area contributed by atoms with Crippen molar-refractivity contribution in [1.29, 1.82) is 0 Å². The minimum absolute atomic E-state index is 0.166. The minimum Gasteiger partial charge on any atom is -0.496 e. The van der Waals surface area contributed by atoms with Crippen molar-refractivity contribution in [3.63, 3.8) is 0 Å². The molecule has 0 aliphatic carbocycles. The van der Waals surface area contributed by atoms with Crippen molar-refractivity contribution in [1.82, 2.24) is 5.32 Å². The Morgan fingerprint density at radius 1 is 1.50 bits per heavy atom. The molecule has 0 aliphatic rings. The van der Waals surface area contributed by atoms with Crippen LogP contribution in [0, 0.1) is 11.8 Å². The number of halogens is 1. The molecule has 1 unspecified atom stereocenters. The third-order valence-electron chi connectivity index (χ3n) is 2.40. The highest BCUT2D eigenvalue weighted by molar-refractivity contribution is 6.30. The van der Waals surface area contributed by atoms with Crippen molar-refractivity contribution in [3.05, 3.63) is 28.8 Å². The zero-order chi connectivity index (χ0) is 12.0. The first-order valence-corrected chi connectivity index (χ1v) is 5.51. The molecule has 0 radical (unpaired) electrons. The predicted octanol–water partition coefficient (Wildman–Crippen LogP) is 3.02. The Morgan fingerprint density at radius 2 is 2.25 bits per heavy atom. The Kier molecular flexibility index (Phi) is 5.18. The Hall–Kier alpha value is -1.17. The largest absolute Gasteiger partial charge is 0.496 e. The Labute approximate surface area is 102 Å². The van der Waals surface area contributed by atoms with Gasteiger partial charge in [-0.25, -0.2) is 0 Å². The van der Waals surface area contributed by atoms with Gasteiger partial charge < -0.3 is 10.1 Å². The number of nitrogens with one attached hydrogen (secondary N) is 1. The predicted molar refractivity (Wildman–Crippen MR) is 67.9 cm³/mol. The SMILES string of the molecule is CC#CCC(NC)c1ccc(Cl)cc1OC. The van der Waals surface area contributed by atoms with Gasteiger partial charge in [-0.3, -0.25) is 0 Å². The number of benzene rings is 1. The lowest BCUT2D eigenvalue weighted by Crippen LogP contribution is -2.16. The van der Waals surface area contributed by atoms with Crippen molar-refractivity contribution in [2.75, 3.05) is 14.2 Å². The van der Waals surface area contributed by atoms with Gasteiger partial charge in [0, 0.05) is 23.0 Å². The Bertz CT molecular complexity index is 406. The van der Waals surface area contributed by atoms with Gasteiger partial charge >= 0.3 is 0 Å². The molecule has 0 fully saturated rings. The molecular formula is C13H16ClNO. The highest BCUT2D eigenvalue weighted by atomic mass is 35.5. The van der Waals surface area contributed by atoms with Gasteiger partial charge in [0.15, 0.2) is 0 Å². The molecule has 0 saturated heterocycles. The van der Waals surface area contributed by atoms with E-state index in [2.05, 4.69) is 17.2 Å². The van der Waals surface area contributed by atoms with Crippen molar-refractivity contribution < 1.29 is 4.74 Å². The fourth-order valence-corrected chi connectivity index (χ4v) is 1.71. The second-order valence-corrected chi connectivity index (χ2v) is 3.79. The molecule has 1 N–H and O–H groups in total. The number of rotatable bonds is 4. The van der Waals surface area contributed by atoms with Crippen LogP contribution in [0.4, 0.5) is 0 Å². The molecule has 0 amide bonds. The van der Waals surface area contributed by atoms with Crippen molar-refractivity contribution in [2.24, 2.45) is 0 Å². The molecule has 1 rings (SSSR count). The van der Waals surface area contributed by atoms with E-state index in [4.69, 9.17) is 16.3 Å². The molecule has 1 aromatic carbocycles. The van der Waals surface area contributed by atoms with E-state index in [1.807, 2.05) is 32.2 Å². The second kappa shape index (κ2) is 6.42. The number of hydrogen-bond acceptors (Lipinski definition) is 2. The standard InChI is InChI=1S/C13H16ClNO/c1-4-5-6-12(15-2)11-8-7-10(14)9-13(11)16-3/h7-9,12,15H,6H2,1-3H3. The molecule has 16 heavy (non-hydrogen) atoms. The molecule has 0 saturated carbocycles. The molecule has 2 nitrogen and oxygen atoms in total. The lowest BCUT2D eigenvalue weighted by atomic mass is 10.0. The van der Waals surface area contributed by atoms with E-state index < -0.39 is 0 Å². The molecular weight excluding hydrogens is 222 g/mol. The maximum Gasteiger partial charge on any atom is 0.125 e. The highest BCUT2D eigenvalue weighted by Gasteiger charge is 2.13. The van der Waals surface area contributed by atoms with E-state index >= 15 is 0 Å². The first kappa shape index (κ1) is 12.9. The summed E-state index contributed by atoms with van der Waals surface area (Å²) in [6.45, 7) is 1.84. The quantitative estimate of drug-likeness (QED) is 0.813. The van der Waals surface area contributed by atoms with E-state index in [9.17, 15) is 0 Å². The van der Waals surface area contributed by atoms with E-state index in [0.29, 0.717) is 5.02 Å². The van der Waals surface area contributed by atoms with Gasteiger partial charge in [0.05, 0.1) is 7.11 Å². The van der Waals surface area contributed by atoms with Crippen molar-refractivity contribution in [2.45, 2.75) is 19.4 Å². The minimum atomic E-state index is 0.166. The first-order chi connectivity index (χ1) is 7.72. The Balaban J connectivity index is 3.02. The number of methoxy groups -OCH3 is 1. The highest BCUT2D eigenvalue weighted by Crippen LogP contribution is 2.29. The van der Waals surface area contributed by atoms with Crippen LogP contribution in [0.25, 0.3) is 0 Å². The average Bonchev–Trinajstić information content (AvgIpc) is 2.31. The van der Waals surface area contributed by atoms with Gasteiger partial charge in [-0.1, -0.05) is 17.7 Å². The zero-order valence-electron chi connectivity index (χ0n) is 9.80. The fraction of sp³-hybridized carbons (Fsp3) is 0.385. The monoisotopic (exact) mass is 237 g/mol. The van der Waals surface area contributed by atoms with Gasteiger partial charge in [0.2, 0.25) is 0 Å². The topological polar surface area (TPSA) is 21.3 Å². The first-order valence-electron chi connectivity index (χ1n) is 5.13. The van der Waals surface area contributed by atoms with Gasteiger partial charge in [0.25, 0.3) is 0 Å². The van der Waals surface area contributed by atoms with Crippen LogP contribution in [0.1, 0.15) is 24.9 Å². The van der Waals surface area contributed by atoms with Crippen LogP contribution in [0.15, 0.2) is 18.2 Å². The van der Waals surface area contributed by atoms with Crippen LogP contribution in [0.5, 0.6) is 5.75 Å². The number of ether oxygens (including phenoxy) is 1. The molecule has 0 bridgehead atoms. The normalized spacial score (nSPS) is 11.5. The molecule has 0 spiro atoms. The van der Waals surface area contributed by atoms with Gasteiger partial charge in [-0.05, 0) is 26.1 Å². The molecule has 3 heteroatoms. The third kappa shape index (κ3) is 3.16.